The summed E-state index contributed by atoms with van der Waals surface area (Å²) in [5.41, 5.74) is 0.236. The number of halogens is 4. The number of nitriles is 1. The van der Waals surface area contributed by atoms with Gasteiger partial charge >= 0.3 is 12.1 Å². The van der Waals surface area contributed by atoms with Gasteiger partial charge in [-0.15, -0.1) is 5.10 Å². The Kier molecular flexibility index (Phi) is 3.72. The summed E-state index contributed by atoms with van der Waals surface area (Å²) in [7, 11) is 0. The number of alkyl halides is 3. The molecule has 0 amide bonds. The molecule has 24 heavy (non-hydrogen) atoms. The molecule has 0 spiro atoms. The SMILES string of the molecule is N#Cc1ncn(Cc2ccc(-c3noc(C(F)(F)F)n3)c(F)c2)n1. The van der Waals surface area contributed by atoms with Crippen molar-refractivity contribution in [2.75, 3.05) is 0 Å². The molecule has 0 saturated heterocycles. The predicted molar refractivity (Wildman–Crippen MR) is 68.5 cm³/mol. The number of hydrogen-bond acceptors (Lipinski definition) is 6. The van der Waals surface area contributed by atoms with Gasteiger partial charge in [0.05, 0.1) is 12.1 Å². The molecule has 3 rings (SSSR count). The molecule has 122 valence electrons. The monoisotopic (exact) mass is 338 g/mol. The Balaban J connectivity index is 1.84. The Bertz CT molecular complexity index is 923. The highest BCUT2D eigenvalue weighted by Crippen LogP contribution is 2.30. The van der Waals surface area contributed by atoms with Crippen LogP contribution in [0.1, 0.15) is 17.3 Å². The number of benzene rings is 1. The van der Waals surface area contributed by atoms with Crippen LogP contribution in [-0.4, -0.2) is 24.9 Å². The number of rotatable bonds is 3. The minimum atomic E-state index is -4.80. The topological polar surface area (TPSA) is 93.4 Å². The molecule has 7 nitrogen and oxygen atoms in total. The van der Waals surface area contributed by atoms with E-state index in [-0.39, 0.29) is 17.9 Å². The first-order valence-corrected chi connectivity index (χ1v) is 6.36. The van der Waals surface area contributed by atoms with Crippen LogP contribution in [0.5, 0.6) is 0 Å². The first kappa shape index (κ1) is 15.6. The van der Waals surface area contributed by atoms with Crippen LogP contribution in [-0.2, 0) is 12.7 Å². The fourth-order valence-corrected chi connectivity index (χ4v) is 1.90. The molecule has 0 aliphatic rings. The Morgan fingerprint density at radius 3 is 2.67 bits per heavy atom. The van der Waals surface area contributed by atoms with Gasteiger partial charge < -0.3 is 4.52 Å². The van der Waals surface area contributed by atoms with Gasteiger partial charge in [0.25, 0.3) is 5.82 Å². The summed E-state index contributed by atoms with van der Waals surface area (Å²) in [5.74, 6) is -2.90. The van der Waals surface area contributed by atoms with Crippen LogP contribution in [0.4, 0.5) is 17.6 Å². The average molecular weight is 338 g/mol. The maximum atomic E-state index is 14.1. The minimum absolute atomic E-state index is 0.0291. The zero-order valence-corrected chi connectivity index (χ0v) is 11.6. The normalized spacial score (nSPS) is 11.5. The maximum absolute atomic E-state index is 14.1. The lowest BCUT2D eigenvalue weighted by atomic mass is 10.1. The first-order chi connectivity index (χ1) is 11.4. The molecule has 0 fully saturated rings. The van der Waals surface area contributed by atoms with Gasteiger partial charge in [0.15, 0.2) is 0 Å². The quantitative estimate of drug-likeness (QED) is 0.681. The van der Waals surface area contributed by atoms with Crippen molar-refractivity contribution in [1.82, 2.24) is 24.9 Å². The lowest BCUT2D eigenvalue weighted by Crippen LogP contribution is -2.05. The molecule has 0 unspecified atom stereocenters. The van der Waals surface area contributed by atoms with E-state index in [1.807, 2.05) is 0 Å². The van der Waals surface area contributed by atoms with Gasteiger partial charge in [-0.25, -0.2) is 14.1 Å². The van der Waals surface area contributed by atoms with Gasteiger partial charge in [-0.3, -0.25) is 0 Å². The number of hydrogen-bond donors (Lipinski definition) is 0. The highest BCUT2D eigenvalue weighted by Gasteiger charge is 2.38. The maximum Gasteiger partial charge on any atom is 0.471 e. The zero-order chi connectivity index (χ0) is 17.3. The van der Waals surface area contributed by atoms with Crippen LogP contribution in [0.2, 0.25) is 0 Å². The molecule has 0 bridgehead atoms. The predicted octanol–water partition coefficient (Wildman–Crippen LogP) is 2.41. The summed E-state index contributed by atoms with van der Waals surface area (Å²) in [6.45, 7) is 0.131. The molecular formula is C13H6F4N6O. The van der Waals surface area contributed by atoms with Crippen molar-refractivity contribution in [3.05, 3.63) is 47.6 Å². The van der Waals surface area contributed by atoms with E-state index in [0.717, 1.165) is 6.07 Å². The second kappa shape index (κ2) is 5.73. The fourth-order valence-electron chi connectivity index (χ4n) is 1.90. The lowest BCUT2D eigenvalue weighted by molar-refractivity contribution is -0.159. The van der Waals surface area contributed by atoms with E-state index in [1.165, 1.54) is 23.1 Å². The smallest absolute Gasteiger partial charge is 0.329 e. The Morgan fingerprint density at radius 2 is 2.08 bits per heavy atom. The highest BCUT2D eigenvalue weighted by atomic mass is 19.4. The van der Waals surface area contributed by atoms with Gasteiger partial charge in [-0.05, 0) is 17.7 Å². The summed E-state index contributed by atoms with van der Waals surface area (Å²) in [6.07, 6.45) is -3.49. The van der Waals surface area contributed by atoms with Crippen molar-refractivity contribution in [3.8, 4) is 17.5 Å². The van der Waals surface area contributed by atoms with Gasteiger partial charge in [0, 0.05) is 0 Å². The zero-order valence-electron chi connectivity index (χ0n) is 11.6. The fraction of sp³-hybridized carbons (Fsp3) is 0.154. The molecule has 0 aliphatic carbocycles. The van der Waals surface area contributed by atoms with Gasteiger partial charge in [-0.1, -0.05) is 11.2 Å². The second-order valence-corrected chi connectivity index (χ2v) is 4.61. The van der Waals surface area contributed by atoms with Crippen molar-refractivity contribution in [2.45, 2.75) is 12.7 Å². The lowest BCUT2D eigenvalue weighted by Gasteiger charge is -2.03. The van der Waals surface area contributed by atoms with Gasteiger partial charge in [-0.2, -0.15) is 23.4 Å². The molecule has 0 saturated carbocycles. The Hall–Kier alpha value is -3.29. The van der Waals surface area contributed by atoms with E-state index in [9.17, 15) is 17.6 Å². The standard InChI is InChI=1S/C13H6F4N6O/c14-9-3-7(5-23-6-19-10(4-18)21-23)1-2-8(9)11-20-12(24-22-11)13(15,16)17/h1-3,6H,5H2. The van der Waals surface area contributed by atoms with Crippen LogP contribution < -0.4 is 0 Å². The summed E-state index contributed by atoms with van der Waals surface area (Å²) < 4.78 is 56.8. The Labute approximate surface area is 131 Å². The number of aromatic nitrogens is 5. The summed E-state index contributed by atoms with van der Waals surface area (Å²) in [5, 5.41) is 15.6. The molecule has 0 radical (unpaired) electrons. The van der Waals surface area contributed by atoms with E-state index in [1.54, 1.807) is 6.07 Å². The van der Waals surface area contributed by atoms with Crippen LogP contribution in [0.15, 0.2) is 29.0 Å². The van der Waals surface area contributed by atoms with E-state index < -0.39 is 23.7 Å². The van der Waals surface area contributed by atoms with Crippen LogP contribution >= 0.6 is 0 Å². The third-order valence-corrected chi connectivity index (χ3v) is 2.92. The van der Waals surface area contributed by atoms with Crippen molar-refractivity contribution in [3.63, 3.8) is 0 Å². The molecule has 1 aromatic carbocycles. The Morgan fingerprint density at radius 1 is 1.29 bits per heavy atom. The summed E-state index contributed by atoms with van der Waals surface area (Å²) in [6, 6.07) is 5.56. The average Bonchev–Trinajstić information content (AvgIpc) is 3.16. The van der Waals surface area contributed by atoms with Crippen molar-refractivity contribution < 1.29 is 22.1 Å². The van der Waals surface area contributed by atoms with E-state index in [4.69, 9.17) is 5.26 Å². The molecule has 2 heterocycles. The molecule has 3 aromatic rings. The largest absolute Gasteiger partial charge is 0.471 e. The van der Waals surface area contributed by atoms with E-state index in [0.29, 0.717) is 5.56 Å². The highest BCUT2D eigenvalue weighted by molar-refractivity contribution is 5.55. The third kappa shape index (κ3) is 3.07. The molecule has 11 heteroatoms. The van der Waals surface area contributed by atoms with E-state index in [2.05, 4.69) is 24.7 Å². The van der Waals surface area contributed by atoms with Crippen LogP contribution in [0.3, 0.4) is 0 Å². The van der Waals surface area contributed by atoms with Crippen LogP contribution in [0.25, 0.3) is 11.4 Å². The molecule has 0 aliphatic heterocycles. The molecular weight excluding hydrogens is 332 g/mol. The minimum Gasteiger partial charge on any atom is -0.329 e. The summed E-state index contributed by atoms with van der Waals surface area (Å²) in [4.78, 5) is 6.84. The van der Waals surface area contributed by atoms with E-state index >= 15 is 0 Å². The third-order valence-electron chi connectivity index (χ3n) is 2.92. The summed E-state index contributed by atoms with van der Waals surface area (Å²) >= 11 is 0. The van der Waals surface area contributed by atoms with Crippen LogP contribution in [0, 0.1) is 17.1 Å². The molecule has 0 atom stereocenters. The first-order valence-electron chi connectivity index (χ1n) is 6.36. The molecule has 0 N–H and O–H groups in total. The van der Waals surface area contributed by atoms with Crippen molar-refractivity contribution >= 4 is 0 Å². The van der Waals surface area contributed by atoms with Gasteiger partial charge in [0.1, 0.15) is 18.2 Å². The van der Waals surface area contributed by atoms with Crippen molar-refractivity contribution in [1.29, 1.82) is 5.26 Å². The second-order valence-electron chi connectivity index (χ2n) is 4.61. The van der Waals surface area contributed by atoms with Crippen molar-refractivity contribution in [2.24, 2.45) is 0 Å². The van der Waals surface area contributed by atoms with Gasteiger partial charge in [0.2, 0.25) is 5.82 Å². The number of nitrogens with zero attached hydrogens (tertiary/aromatic N) is 6. The molecule has 2 aromatic heterocycles.